The van der Waals surface area contributed by atoms with Gasteiger partial charge in [-0.15, -0.1) is 5.10 Å². The predicted octanol–water partition coefficient (Wildman–Crippen LogP) is 3.10. The van der Waals surface area contributed by atoms with E-state index in [1.807, 2.05) is 42.5 Å². The topological polar surface area (TPSA) is 71.1 Å². The number of fused-ring (bicyclic) bond motifs is 1. The quantitative estimate of drug-likeness (QED) is 0.753. The summed E-state index contributed by atoms with van der Waals surface area (Å²) in [5.41, 5.74) is 2.32. The molecule has 1 aliphatic heterocycles. The SMILES string of the molecule is CC1CCN(CCOc2cccc(-c3ccc4nn[nH]c(=O)c4c3)c2)CC1. The van der Waals surface area contributed by atoms with Crippen molar-refractivity contribution in [2.75, 3.05) is 26.2 Å². The van der Waals surface area contributed by atoms with Crippen LogP contribution in [0.2, 0.25) is 0 Å². The largest absolute Gasteiger partial charge is 0.492 e. The second kappa shape index (κ2) is 7.88. The fourth-order valence-corrected chi connectivity index (χ4v) is 3.51. The van der Waals surface area contributed by atoms with Gasteiger partial charge in [-0.2, -0.15) is 0 Å². The van der Waals surface area contributed by atoms with E-state index >= 15 is 0 Å². The van der Waals surface area contributed by atoms with E-state index in [0.717, 1.165) is 29.3 Å². The van der Waals surface area contributed by atoms with Crippen LogP contribution < -0.4 is 10.3 Å². The van der Waals surface area contributed by atoms with Gasteiger partial charge in [0.1, 0.15) is 17.9 Å². The van der Waals surface area contributed by atoms with E-state index in [1.54, 1.807) is 0 Å². The van der Waals surface area contributed by atoms with Crippen molar-refractivity contribution in [2.24, 2.45) is 5.92 Å². The van der Waals surface area contributed by atoms with Crippen molar-refractivity contribution >= 4 is 10.9 Å². The first-order valence-electron chi connectivity index (χ1n) is 9.50. The van der Waals surface area contributed by atoms with Crippen molar-refractivity contribution in [2.45, 2.75) is 19.8 Å². The summed E-state index contributed by atoms with van der Waals surface area (Å²) in [6, 6.07) is 13.6. The van der Waals surface area contributed by atoms with Gasteiger partial charge in [-0.25, -0.2) is 5.10 Å². The molecule has 0 unspecified atom stereocenters. The third-order valence-electron chi connectivity index (χ3n) is 5.27. The molecule has 0 saturated carbocycles. The third kappa shape index (κ3) is 4.17. The van der Waals surface area contributed by atoms with Crippen LogP contribution in [0, 0.1) is 5.92 Å². The lowest BCUT2D eigenvalue weighted by Crippen LogP contribution is -2.35. The number of aromatic nitrogens is 3. The van der Waals surface area contributed by atoms with Gasteiger partial charge < -0.3 is 4.74 Å². The molecule has 0 spiro atoms. The van der Waals surface area contributed by atoms with Crippen molar-refractivity contribution in [3.8, 4) is 16.9 Å². The number of aromatic amines is 1. The van der Waals surface area contributed by atoms with E-state index in [2.05, 4.69) is 27.2 Å². The molecule has 1 aromatic heterocycles. The molecule has 1 fully saturated rings. The number of hydrogen-bond donors (Lipinski definition) is 1. The molecule has 1 saturated heterocycles. The molecular weight excluding hydrogens is 340 g/mol. The molecule has 2 heterocycles. The Hall–Kier alpha value is -2.73. The molecule has 3 aromatic rings. The maximum atomic E-state index is 12.0. The molecule has 0 aliphatic carbocycles. The van der Waals surface area contributed by atoms with Crippen LogP contribution >= 0.6 is 0 Å². The smallest absolute Gasteiger partial charge is 0.275 e. The molecule has 27 heavy (non-hydrogen) atoms. The highest BCUT2D eigenvalue weighted by Crippen LogP contribution is 2.25. The van der Waals surface area contributed by atoms with E-state index < -0.39 is 0 Å². The van der Waals surface area contributed by atoms with E-state index in [9.17, 15) is 4.79 Å². The van der Waals surface area contributed by atoms with E-state index in [1.165, 1.54) is 25.9 Å². The maximum Gasteiger partial charge on any atom is 0.275 e. The van der Waals surface area contributed by atoms with Gasteiger partial charge in [-0.05, 0) is 67.2 Å². The molecule has 4 rings (SSSR count). The van der Waals surface area contributed by atoms with Gasteiger partial charge in [0.05, 0.1) is 5.39 Å². The molecule has 0 bridgehead atoms. The molecule has 140 valence electrons. The number of benzene rings is 2. The van der Waals surface area contributed by atoms with Gasteiger partial charge in [0.15, 0.2) is 0 Å². The number of H-pyrrole nitrogens is 1. The summed E-state index contributed by atoms with van der Waals surface area (Å²) in [5, 5.41) is 10.5. The maximum absolute atomic E-state index is 12.0. The predicted molar refractivity (Wildman–Crippen MR) is 106 cm³/mol. The summed E-state index contributed by atoms with van der Waals surface area (Å²) < 4.78 is 5.98. The molecule has 6 nitrogen and oxygen atoms in total. The Bertz CT molecular complexity index is 977. The van der Waals surface area contributed by atoms with Crippen LogP contribution in [-0.2, 0) is 0 Å². The second-order valence-corrected chi connectivity index (χ2v) is 7.27. The van der Waals surface area contributed by atoms with Crippen LogP contribution in [0.5, 0.6) is 5.75 Å². The lowest BCUT2D eigenvalue weighted by molar-refractivity contribution is 0.160. The van der Waals surface area contributed by atoms with Crippen molar-refractivity contribution < 1.29 is 4.74 Å². The third-order valence-corrected chi connectivity index (χ3v) is 5.27. The number of nitrogens with zero attached hydrogens (tertiary/aromatic N) is 3. The van der Waals surface area contributed by atoms with E-state index in [4.69, 9.17) is 4.74 Å². The zero-order valence-electron chi connectivity index (χ0n) is 15.5. The van der Waals surface area contributed by atoms with E-state index in [0.29, 0.717) is 17.5 Å². The summed E-state index contributed by atoms with van der Waals surface area (Å²) in [6.07, 6.45) is 2.56. The number of rotatable bonds is 5. The first-order chi connectivity index (χ1) is 13.2. The molecule has 6 heteroatoms. The van der Waals surface area contributed by atoms with Crippen molar-refractivity contribution in [3.63, 3.8) is 0 Å². The first-order valence-corrected chi connectivity index (χ1v) is 9.50. The molecular formula is C21H24N4O2. The number of ether oxygens (including phenoxy) is 1. The lowest BCUT2D eigenvalue weighted by Gasteiger charge is -2.29. The van der Waals surface area contributed by atoms with Crippen LogP contribution in [0.1, 0.15) is 19.8 Å². The van der Waals surface area contributed by atoms with Crippen LogP contribution in [0.25, 0.3) is 22.0 Å². The van der Waals surface area contributed by atoms with Gasteiger partial charge >= 0.3 is 0 Å². The summed E-state index contributed by atoms with van der Waals surface area (Å²) in [4.78, 5) is 14.4. The van der Waals surface area contributed by atoms with Crippen LogP contribution in [0.15, 0.2) is 47.3 Å². The average Bonchev–Trinajstić information content (AvgIpc) is 2.70. The van der Waals surface area contributed by atoms with Crippen molar-refractivity contribution in [1.82, 2.24) is 20.3 Å². The summed E-state index contributed by atoms with van der Waals surface area (Å²) >= 11 is 0. The fourth-order valence-electron chi connectivity index (χ4n) is 3.51. The van der Waals surface area contributed by atoms with Crippen molar-refractivity contribution in [3.05, 3.63) is 52.8 Å². The number of piperidine rings is 1. The summed E-state index contributed by atoms with van der Waals surface area (Å²) in [6.45, 7) is 6.30. The van der Waals surface area contributed by atoms with Gasteiger partial charge in [0.25, 0.3) is 5.56 Å². The zero-order valence-corrected chi connectivity index (χ0v) is 15.5. The van der Waals surface area contributed by atoms with Crippen LogP contribution in [0.3, 0.4) is 0 Å². The monoisotopic (exact) mass is 364 g/mol. The Kier molecular flexibility index (Phi) is 5.16. The van der Waals surface area contributed by atoms with Gasteiger partial charge in [0, 0.05) is 6.54 Å². The molecule has 1 N–H and O–H groups in total. The Morgan fingerprint density at radius 2 is 1.96 bits per heavy atom. The normalized spacial score (nSPS) is 15.9. The number of nitrogens with one attached hydrogen (secondary N) is 1. The highest BCUT2D eigenvalue weighted by atomic mass is 16.5. The van der Waals surface area contributed by atoms with E-state index in [-0.39, 0.29) is 5.56 Å². The lowest BCUT2D eigenvalue weighted by atomic mass is 9.99. The minimum Gasteiger partial charge on any atom is -0.492 e. The Morgan fingerprint density at radius 1 is 1.15 bits per heavy atom. The van der Waals surface area contributed by atoms with Crippen LogP contribution in [-0.4, -0.2) is 46.6 Å². The first kappa shape index (κ1) is 17.7. The Balaban J connectivity index is 1.44. The number of hydrogen-bond acceptors (Lipinski definition) is 5. The van der Waals surface area contributed by atoms with Crippen LogP contribution in [0.4, 0.5) is 0 Å². The molecule has 0 atom stereocenters. The van der Waals surface area contributed by atoms with Gasteiger partial charge in [0.2, 0.25) is 0 Å². The Labute approximate surface area is 158 Å². The minimum absolute atomic E-state index is 0.231. The Morgan fingerprint density at radius 3 is 2.81 bits per heavy atom. The zero-order chi connectivity index (χ0) is 18.6. The highest BCUT2D eigenvalue weighted by molar-refractivity contribution is 5.83. The highest BCUT2D eigenvalue weighted by Gasteiger charge is 2.15. The average molecular weight is 364 g/mol. The van der Waals surface area contributed by atoms with Gasteiger partial charge in [-0.1, -0.05) is 30.3 Å². The molecule has 0 radical (unpaired) electrons. The fraction of sp³-hybridized carbons (Fsp3) is 0.381. The number of likely N-dealkylation sites (tertiary alicyclic amines) is 1. The second-order valence-electron chi connectivity index (χ2n) is 7.27. The summed E-state index contributed by atoms with van der Waals surface area (Å²) in [5.74, 6) is 1.69. The minimum atomic E-state index is -0.231. The summed E-state index contributed by atoms with van der Waals surface area (Å²) in [7, 11) is 0. The molecule has 1 aliphatic rings. The van der Waals surface area contributed by atoms with Crippen molar-refractivity contribution in [1.29, 1.82) is 0 Å². The van der Waals surface area contributed by atoms with Gasteiger partial charge in [-0.3, -0.25) is 9.69 Å². The standard InChI is InChI=1S/C21H24N4O2/c1-15-7-9-25(10-8-15)11-12-27-18-4-2-3-16(13-18)17-5-6-20-19(14-17)21(26)23-24-22-20/h2-6,13-15H,7-12H2,1H3,(H,22,23,26). The molecule has 2 aromatic carbocycles. The molecule has 0 amide bonds.